The second-order valence-corrected chi connectivity index (χ2v) is 8.39. The summed E-state index contributed by atoms with van der Waals surface area (Å²) in [6.07, 6.45) is 19.6. The SMILES string of the molecule is CCCCCCCCCCCCC/C=C/CCCO[C@H]1CO[C@H]([C@H](O)CO)[C@@H]1O. The van der Waals surface area contributed by atoms with Crippen LogP contribution in [0.15, 0.2) is 12.2 Å². The summed E-state index contributed by atoms with van der Waals surface area (Å²) in [4.78, 5) is 0. The monoisotopic (exact) mass is 414 g/mol. The molecule has 0 radical (unpaired) electrons. The van der Waals surface area contributed by atoms with Gasteiger partial charge in [-0.05, 0) is 25.7 Å². The zero-order chi connectivity index (χ0) is 21.2. The number of hydrogen-bond acceptors (Lipinski definition) is 5. The summed E-state index contributed by atoms with van der Waals surface area (Å²) >= 11 is 0. The lowest BCUT2D eigenvalue weighted by atomic mass is 10.1. The highest BCUT2D eigenvalue weighted by Crippen LogP contribution is 2.20. The highest BCUT2D eigenvalue weighted by atomic mass is 16.6. The fourth-order valence-electron chi connectivity index (χ4n) is 3.80. The Morgan fingerprint density at radius 3 is 2.03 bits per heavy atom. The van der Waals surface area contributed by atoms with Crippen LogP contribution < -0.4 is 0 Å². The van der Waals surface area contributed by atoms with Gasteiger partial charge in [0.25, 0.3) is 0 Å². The lowest BCUT2D eigenvalue weighted by Gasteiger charge is -2.20. The van der Waals surface area contributed by atoms with Crippen molar-refractivity contribution in [3.05, 3.63) is 12.2 Å². The van der Waals surface area contributed by atoms with E-state index in [9.17, 15) is 10.2 Å². The Hall–Kier alpha value is -0.460. The number of ether oxygens (including phenoxy) is 2. The molecule has 0 aromatic heterocycles. The molecule has 1 fully saturated rings. The van der Waals surface area contributed by atoms with Crippen LogP contribution in [0.4, 0.5) is 0 Å². The Balaban J connectivity index is 1.84. The minimum atomic E-state index is -1.06. The largest absolute Gasteiger partial charge is 0.394 e. The van der Waals surface area contributed by atoms with Crippen LogP contribution in [0, 0.1) is 0 Å². The minimum absolute atomic E-state index is 0.261. The van der Waals surface area contributed by atoms with E-state index in [1.807, 2.05) is 0 Å². The van der Waals surface area contributed by atoms with Crippen molar-refractivity contribution in [2.75, 3.05) is 19.8 Å². The second-order valence-electron chi connectivity index (χ2n) is 8.39. The Kier molecular flexibility index (Phi) is 16.8. The van der Waals surface area contributed by atoms with Gasteiger partial charge in [-0.1, -0.05) is 83.3 Å². The van der Waals surface area contributed by atoms with Crippen molar-refractivity contribution in [1.82, 2.24) is 0 Å². The Morgan fingerprint density at radius 2 is 1.45 bits per heavy atom. The number of hydrogen-bond donors (Lipinski definition) is 3. The van der Waals surface area contributed by atoms with E-state index in [0.717, 1.165) is 19.3 Å². The zero-order valence-corrected chi connectivity index (χ0v) is 18.6. The van der Waals surface area contributed by atoms with E-state index in [1.54, 1.807) is 0 Å². The first-order valence-corrected chi connectivity index (χ1v) is 12.1. The number of allylic oxidation sites excluding steroid dienone is 2. The summed E-state index contributed by atoms with van der Waals surface area (Å²) in [6.45, 7) is 2.68. The number of aliphatic hydroxyl groups excluding tert-OH is 3. The van der Waals surface area contributed by atoms with Crippen molar-refractivity contribution in [3.63, 3.8) is 0 Å². The molecule has 1 aliphatic heterocycles. The van der Waals surface area contributed by atoms with Crippen LogP contribution in [0.1, 0.15) is 96.8 Å². The molecule has 3 N–H and O–H groups in total. The minimum Gasteiger partial charge on any atom is -0.394 e. The summed E-state index contributed by atoms with van der Waals surface area (Å²) in [5.41, 5.74) is 0. The van der Waals surface area contributed by atoms with Crippen LogP contribution in [-0.4, -0.2) is 59.6 Å². The van der Waals surface area contributed by atoms with Crippen molar-refractivity contribution in [2.24, 2.45) is 0 Å². The summed E-state index contributed by atoms with van der Waals surface area (Å²) in [5.74, 6) is 0. The molecule has 0 aliphatic carbocycles. The average molecular weight is 415 g/mol. The van der Waals surface area contributed by atoms with Crippen LogP contribution in [-0.2, 0) is 9.47 Å². The second kappa shape index (κ2) is 18.3. The molecule has 0 aromatic rings. The van der Waals surface area contributed by atoms with Gasteiger partial charge in [-0.15, -0.1) is 0 Å². The van der Waals surface area contributed by atoms with Gasteiger partial charge >= 0.3 is 0 Å². The van der Waals surface area contributed by atoms with Crippen LogP contribution >= 0.6 is 0 Å². The first kappa shape index (κ1) is 26.6. The number of aliphatic hydroxyl groups is 3. The summed E-state index contributed by atoms with van der Waals surface area (Å²) < 4.78 is 11.0. The van der Waals surface area contributed by atoms with Gasteiger partial charge in [-0.25, -0.2) is 0 Å². The smallest absolute Gasteiger partial charge is 0.114 e. The molecule has 5 nitrogen and oxygen atoms in total. The topological polar surface area (TPSA) is 79.2 Å². The summed E-state index contributed by atoms with van der Waals surface area (Å²) in [5, 5.41) is 28.6. The van der Waals surface area contributed by atoms with Crippen LogP contribution in [0.25, 0.3) is 0 Å². The molecule has 0 unspecified atom stereocenters. The lowest BCUT2D eigenvalue weighted by molar-refractivity contribution is -0.0729. The standard InChI is InChI=1S/C24H46O5/c1-2-3-4-5-6-7-8-9-10-11-12-13-14-15-16-17-18-28-22-20-29-24(23(22)27)21(26)19-25/h14-15,21-27H,2-13,16-20H2,1H3/b15-14+/t21-,22+,23-,24-/m1/s1. The maximum Gasteiger partial charge on any atom is 0.114 e. The molecule has 0 spiro atoms. The van der Waals surface area contributed by atoms with E-state index in [4.69, 9.17) is 14.6 Å². The van der Waals surface area contributed by atoms with Crippen molar-refractivity contribution in [1.29, 1.82) is 0 Å². The third-order valence-corrected chi connectivity index (χ3v) is 5.72. The highest BCUT2D eigenvalue weighted by Gasteiger charge is 2.40. The fraction of sp³-hybridized carbons (Fsp3) is 0.917. The summed E-state index contributed by atoms with van der Waals surface area (Å²) in [7, 11) is 0. The maximum absolute atomic E-state index is 10.1. The average Bonchev–Trinajstić information content (AvgIpc) is 3.10. The molecule has 29 heavy (non-hydrogen) atoms. The molecule has 5 heteroatoms. The molecular formula is C24H46O5. The van der Waals surface area contributed by atoms with Gasteiger partial charge in [0.15, 0.2) is 0 Å². The normalized spacial score (nSPS) is 23.2. The van der Waals surface area contributed by atoms with Crippen molar-refractivity contribution >= 4 is 0 Å². The molecule has 1 saturated heterocycles. The highest BCUT2D eigenvalue weighted by molar-refractivity contribution is 4.89. The van der Waals surface area contributed by atoms with Gasteiger partial charge < -0.3 is 24.8 Å². The summed E-state index contributed by atoms with van der Waals surface area (Å²) in [6, 6.07) is 0. The number of unbranched alkanes of at least 4 members (excludes halogenated alkanes) is 12. The fourth-order valence-corrected chi connectivity index (χ4v) is 3.80. The van der Waals surface area contributed by atoms with Gasteiger partial charge in [-0.2, -0.15) is 0 Å². The first-order chi connectivity index (χ1) is 14.2. The molecule has 172 valence electrons. The molecule has 1 heterocycles. The van der Waals surface area contributed by atoms with E-state index >= 15 is 0 Å². The third-order valence-electron chi connectivity index (χ3n) is 5.72. The quantitative estimate of drug-likeness (QED) is 0.214. The molecule has 0 amide bonds. The molecule has 0 bridgehead atoms. The predicted molar refractivity (Wildman–Crippen MR) is 118 cm³/mol. The van der Waals surface area contributed by atoms with Crippen molar-refractivity contribution < 1.29 is 24.8 Å². The van der Waals surface area contributed by atoms with E-state index in [-0.39, 0.29) is 6.61 Å². The van der Waals surface area contributed by atoms with Crippen molar-refractivity contribution in [2.45, 2.75) is 121 Å². The van der Waals surface area contributed by atoms with Crippen LogP contribution in [0.2, 0.25) is 0 Å². The van der Waals surface area contributed by atoms with E-state index in [1.165, 1.54) is 70.6 Å². The lowest BCUT2D eigenvalue weighted by Crippen LogP contribution is -2.41. The molecule has 4 atom stereocenters. The first-order valence-electron chi connectivity index (χ1n) is 12.1. The third kappa shape index (κ3) is 12.7. The molecule has 1 aliphatic rings. The van der Waals surface area contributed by atoms with Crippen molar-refractivity contribution in [3.8, 4) is 0 Å². The van der Waals surface area contributed by atoms with Gasteiger partial charge in [0.2, 0.25) is 0 Å². The molecule has 0 saturated carbocycles. The van der Waals surface area contributed by atoms with Crippen LogP contribution in [0.5, 0.6) is 0 Å². The Bertz CT molecular complexity index is 387. The van der Waals surface area contributed by atoms with E-state index in [2.05, 4.69) is 19.1 Å². The maximum atomic E-state index is 10.1. The van der Waals surface area contributed by atoms with E-state index < -0.39 is 31.0 Å². The van der Waals surface area contributed by atoms with Gasteiger partial charge in [0, 0.05) is 6.61 Å². The molecule has 0 aromatic carbocycles. The van der Waals surface area contributed by atoms with Gasteiger partial charge in [-0.3, -0.25) is 0 Å². The molecule has 1 rings (SSSR count). The predicted octanol–water partition coefficient (Wildman–Crippen LogP) is 4.52. The zero-order valence-electron chi connectivity index (χ0n) is 18.6. The Labute approximate surface area is 178 Å². The van der Waals surface area contributed by atoms with Gasteiger partial charge in [0.1, 0.15) is 24.4 Å². The van der Waals surface area contributed by atoms with Crippen LogP contribution in [0.3, 0.4) is 0 Å². The van der Waals surface area contributed by atoms with E-state index in [0.29, 0.717) is 6.61 Å². The number of rotatable bonds is 19. The van der Waals surface area contributed by atoms with Gasteiger partial charge in [0.05, 0.1) is 13.2 Å². The Morgan fingerprint density at radius 1 is 0.897 bits per heavy atom. The molecular weight excluding hydrogens is 368 g/mol.